The average molecular weight is 261 g/mol. The zero-order valence-electron chi connectivity index (χ0n) is 11.9. The Kier molecular flexibility index (Phi) is 4.13. The summed E-state index contributed by atoms with van der Waals surface area (Å²) in [6.45, 7) is 6.29. The van der Waals surface area contributed by atoms with Crippen molar-refractivity contribution in [2.75, 3.05) is 0 Å². The van der Waals surface area contributed by atoms with Crippen molar-refractivity contribution in [2.24, 2.45) is 11.8 Å². The molecule has 3 heteroatoms. The lowest BCUT2D eigenvalue weighted by Gasteiger charge is -2.33. The van der Waals surface area contributed by atoms with Crippen molar-refractivity contribution in [3.63, 3.8) is 0 Å². The van der Waals surface area contributed by atoms with Gasteiger partial charge < -0.3 is 10.4 Å². The third-order valence-electron chi connectivity index (χ3n) is 4.22. The second-order valence-electron chi connectivity index (χ2n) is 5.98. The van der Waals surface area contributed by atoms with E-state index in [2.05, 4.69) is 19.2 Å². The molecule has 3 nitrogen and oxygen atoms in total. The number of hydrogen-bond donors (Lipinski definition) is 2. The highest BCUT2D eigenvalue weighted by Crippen LogP contribution is 2.29. The maximum atomic E-state index is 12.2. The Hall–Kier alpha value is -1.51. The van der Waals surface area contributed by atoms with E-state index in [0.717, 1.165) is 17.9 Å². The summed E-state index contributed by atoms with van der Waals surface area (Å²) in [5.41, 5.74) is 1.32. The van der Waals surface area contributed by atoms with E-state index >= 15 is 0 Å². The minimum Gasteiger partial charge on any atom is -0.508 e. The molecule has 0 saturated heterocycles. The molecule has 1 aliphatic carbocycles. The lowest BCUT2D eigenvalue weighted by Crippen LogP contribution is -2.42. The Morgan fingerprint density at radius 2 is 2.05 bits per heavy atom. The number of carbonyl (C=O) groups excluding carboxylic acids is 1. The molecule has 3 atom stereocenters. The van der Waals surface area contributed by atoms with Crippen LogP contribution in [0.4, 0.5) is 0 Å². The van der Waals surface area contributed by atoms with Crippen LogP contribution in [0, 0.1) is 18.8 Å². The van der Waals surface area contributed by atoms with Crippen molar-refractivity contribution in [3.05, 3.63) is 29.3 Å². The highest BCUT2D eigenvalue weighted by atomic mass is 16.3. The van der Waals surface area contributed by atoms with E-state index < -0.39 is 0 Å². The van der Waals surface area contributed by atoms with Crippen molar-refractivity contribution >= 4 is 5.91 Å². The number of benzene rings is 1. The first-order valence-corrected chi connectivity index (χ1v) is 7.08. The zero-order valence-corrected chi connectivity index (χ0v) is 11.9. The molecule has 1 aromatic carbocycles. The van der Waals surface area contributed by atoms with Gasteiger partial charge in [-0.3, -0.25) is 4.79 Å². The number of phenolic OH excluding ortho intramolecular Hbond substituents is 1. The van der Waals surface area contributed by atoms with Crippen LogP contribution in [0.25, 0.3) is 0 Å². The number of amides is 1. The highest BCUT2D eigenvalue weighted by molar-refractivity contribution is 5.94. The molecule has 0 aliphatic heterocycles. The first-order valence-electron chi connectivity index (χ1n) is 7.08. The summed E-state index contributed by atoms with van der Waals surface area (Å²) in [7, 11) is 0. The molecule has 1 saturated carbocycles. The molecule has 0 heterocycles. The van der Waals surface area contributed by atoms with Crippen LogP contribution in [0.5, 0.6) is 5.75 Å². The van der Waals surface area contributed by atoms with E-state index in [1.807, 2.05) is 6.92 Å². The van der Waals surface area contributed by atoms with Gasteiger partial charge in [0, 0.05) is 11.6 Å². The molecular formula is C16H23NO2. The lowest BCUT2D eigenvalue weighted by atomic mass is 9.80. The monoisotopic (exact) mass is 261 g/mol. The van der Waals surface area contributed by atoms with E-state index in [1.165, 1.54) is 12.8 Å². The van der Waals surface area contributed by atoms with Gasteiger partial charge in [0.1, 0.15) is 5.75 Å². The summed E-state index contributed by atoms with van der Waals surface area (Å²) in [6.07, 6.45) is 3.39. The predicted molar refractivity (Wildman–Crippen MR) is 76.3 cm³/mol. The van der Waals surface area contributed by atoms with Gasteiger partial charge in [-0.1, -0.05) is 19.9 Å². The van der Waals surface area contributed by atoms with E-state index in [-0.39, 0.29) is 17.7 Å². The molecule has 3 unspecified atom stereocenters. The van der Waals surface area contributed by atoms with Gasteiger partial charge in [-0.2, -0.15) is 0 Å². The average Bonchev–Trinajstić information content (AvgIpc) is 2.36. The van der Waals surface area contributed by atoms with Gasteiger partial charge >= 0.3 is 0 Å². The van der Waals surface area contributed by atoms with Crippen molar-refractivity contribution < 1.29 is 9.90 Å². The number of carbonyl (C=O) groups is 1. The van der Waals surface area contributed by atoms with Gasteiger partial charge in [-0.25, -0.2) is 0 Å². The van der Waals surface area contributed by atoms with E-state index in [1.54, 1.807) is 18.2 Å². The Morgan fingerprint density at radius 1 is 1.32 bits per heavy atom. The number of phenols is 1. The Labute approximate surface area is 115 Å². The number of aromatic hydroxyl groups is 1. The van der Waals surface area contributed by atoms with Crippen LogP contribution in [-0.2, 0) is 0 Å². The minimum absolute atomic E-state index is 0.0818. The maximum absolute atomic E-state index is 12.2. The summed E-state index contributed by atoms with van der Waals surface area (Å²) in [6, 6.07) is 5.34. The summed E-state index contributed by atoms with van der Waals surface area (Å²) < 4.78 is 0. The van der Waals surface area contributed by atoms with Crippen LogP contribution in [0.1, 0.15) is 49.0 Å². The second kappa shape index (κ2) is 5.64. The smallest absolute Gasteiger partial charge is 0.251 e. The Morgan fingerprint density at radius 3 is 2.68 bits per heavy atom. The Balaban J connectivity index is 2.02. The Bertz CT molecular complexity index is 470. The molecule has 1 amide bonds. The largest absolute Gasteiger partial charge is 0.508 e. The fourth-order valence-electron chi connectivity index (χ4n) is 2.88. The molecule has 2 N–H and O–H groups in total. The van der Waals surface area contributed by atoms with Gasteiger partial charge in [0.05, 0.1) is 0 Å². The maximum Gasteiger partial charge on any atom is 0.251 e. The highest BCUT2D eigenvalue weighted by Gasteiger charge is 2.26. The fraction of sp³-hybridized carbons (Fsp3) is 0.562. The summed E-state index contributed by atoms with van der Waals surface area (Å²) >= 11 is 0. The summed E-state index contributed by atoms with van der Waals surface area (Å²) in [5.74, 6) is 1.37. The minimum atomic E-state index is -0.0818. The van der Waals surface area contributed by atoms with Gasteiger partial charge in [0.25, 0.3) is 5.91 Å². The van der Waals surface area contributed by atoms with Crippen LogP contribution in [0.15, 0.2) is 18.2 Å². The predicted octanol–water partition coefficient (Wildman–Crippen LogP) is 3.26. The number of hydrogen-bond acceptors (Lipinski definition) is 2. The second-order valence-corrected chi connectivity index (χ2v) is 5.98. The van der Waals surface area contributed by atoms with E-state index in [0.29, 0.717) is 11.5 Å². The molecule has 0 radical (unpaired) electrons. The van der Waals surface area contributed by atoms with Crippen molar-refractivity contribution in [3.8, 4) is 5.75 Å². The molecule has 0 bridgehead atoms. The van der Waals surface area contributed by atoms with Crippen LogP contribution in [-0.4, -0.2) is 17.1 Å². The van der Waals surface area contributed by atoms with Gasteiger partial charge in [-0.05, 0) is 55.7 Å². The molecule has 1 aromatic rings. The number of rotatable bonds is 2. The van der Waals surface area contributed by atoms with Gasteiger partial charge in [0.15, 0.2) is 0 Å². The molecule has 0 aromatic heterocycles. The van der Waals surface area contributed by atoms with E-state index in [4.69, 9.17) is 0 Å². The normalized spacial score (nSPS) is 27.0. The fourth-order valence-corrected chi connectivity index (χ4v) is 2.88. The van der Waals surface area contributed by atoms with Crippen LogP contribution in [0.2, 0.25) is 0 Å². The first-order chi connectivity index (χ1) is 8.97. The van der Waals surface area contributed by atoms with Crippen LogP contribution in [0.3, 0.4) is 0 Å². The third-order valence-corrected chi connectivity index (χ3v) is 4.22. The summed E-state index contributed by atoms with van der Waals surface area (Å²) in [5, 5.41) is 12.8. The first kappa shape index (κ1) is 13.9. The standard InChI is InChI=1S/C16H23NO2/c1-10-4-7-14(12(3)8-10)17-16(19)13-6-5-11(2)15(18)9-13/h5-6,9-10,12,14,18H,4,7-8H2,1-3H3,(H,17,19). The van der Waals surface area contributed by atoms with Crippen LogP contribution >= 0.6 is 0 Å². The van der Waals surface area contributed by atoms with Crippen molar-refractivity contribution in [1.29, 1.82) is 0 Å². The third kappa shape index (κ3) is 3.28. The zero-order chi connectivity index (χ0) is 14.0. The molecule has 1 aliphatic rings. The van der Waals surface area contributed by atoms with Crippen LogP contribution < -0.4 is 5.32 Å². The number of nitrogens with one attached hydrogen (secondary N) is 1. The van der Waals surface area contributed by atoms with E-state index in [9.17, 15) is 9.90 Å². The molecular weight excluding hydrogens is 238 g/mol. The number of aryl methyl sites for hydroxylation is 1. The molecule has 104 valence electrons. The summed E-state index contributed by atoms with van der Waals surface area (Å²) in [4.78, 5) is 12.2. The van der Waals surface area contributed by atoms with Gasteiger partial charge in [0.2, 0.25) is 0 Å². The van der Waals surface area contributed by atoms with Gasteiger partial charge in [-0.15, -0.1) is 0 Å². The molecule has 2 rings (SSSR count). The van der Waals surface area contributed by atoms with Crippen molar-refractivity contribution in [2.45, 2.75) is 46.1 Å². The SMILES string of the molecule is Cc1ccc(C(=O)NC2CCC(C)CC2C)cc1O. The molecule has 1 fully saturated rings. The topological polar surface area (TPSA) is 49.3 Å². The molecule has 19 heavy (non-hydrogen) atoms. The molecule has 0 spiro atoms. The lowest BCUT2D eigenvalue weighted by molar-refractivity contribution is 0.0899. The quantitative estimate of drug-likeness (QED) is 0.858. The van der Waals surface area contributed by atoms with Crippen molar-refractivity contribution in [1.82, 2.24) is 5.32 Å².